The molecule has 0 spiro atoms. The van der Waals surface area contributed by atoms with Crippen LogP contribution in [-0.2, 0) is 13.0 Å². The highest BCUT2D eigenvalue weighted by atomic mass is 16.3. The second kappa shape index (κ2) is 9.73. The highest BCUT2D eigenvalue weighted by Gasteiger charge is 2.22. The molecule has 1 aromatic heterocycles. The number of anilines is 2. The highest BCUT2D eigenvalue weighted by Crippen LogP contribution is 2.33. The first-order valence-corrected chi connectivity index (χ1v) is 11.4. The van der Waals surface area contributed by atoms with Crippen molar-refractivity contribution in [2.75, 3.05) is 37.4 Å². The Morgan fingerprint density at radius 2 is 1.73 bits per heavy atom. The van der Waals surface area contributed by atoms with Crippen LogP contribution in [-0.4, -0.2) is 47.6 Å². The molecule has 3 N–H and O–H groups in total. The number of fused-ring (bicyclic) bond motifs is 1. The summed E-state index contributed by atoms with van der Waals surface area (Å²) in [5, 5.41) is 15.6. The van der Waals surface area contributed by atoms with Gasteiger partial charge in [0, 0.05) is 38.1 Å². The van der Waals surface area contributed by atoms with Gasteiger partial charge < -0.3 is 15.7 Å². The Bertz CT molecular complexity index is 1190. The van der Waals surface area contributed by atoms with Gasteiger partial charge in [-0.25, -0.2) is 4.98 Å². The molecule has 3 aromatic rings. The lowest BCUT2D eigenvalue weighted by molar-refractivity contribution is 0.102. The van der Waals surface area contributed by atoms with Gasteiger partial charge in [-0.1, -0.05) is 24.3 Å². The summed E-state index contributed by atoms with van der Waals surface area (Å²) in [6, 6.07) is 14.1. The van der Waals surface area contributed by atoms with E-state index in [-0.39, 0.29) is 12.5 Å². The molecule has 4 rings (SSSR count). The summed E-state index contributed by atoms with van der Waals surface area (Å²) < 4.78 is 0. The Labute approximate surface area is 195 Å². The van der Waals surface area contributed by atoms with Crippen LogP contribution in [0.1, 0.15) is 38.4 Å². The Balaban J connectivity index is 1.62. The Morgan fingerprint density at radius 3 is 2.39 bits per heavy atom. The van der Waals surface area contributed by atoms with E-state index in [1.54, 1.807) is 0 Å². The van der Waals surface area contributed by atoms with E-state index in [4.69, 9.17) is 4.98 Å². The van der Waals surface area contributed by atoms with E-state index in [2.05, 4.69) is 40.7 Å². The van der Waals surface area contributed by atoms with Gasteiger partial charge in [0.2, 0.25) is 0 Å². The number of hydrogen-bond donors (Lipinski definition) is 3. The first kappa shape index (κ1) is 23.0. The molecule has 0 atom stereocenters. The van der Waals surface area contributed by atoms with Gasteiger partial charge in [0.05, 0.1) is 12.3 Å². The van der Waals surface area contributed by atoms with E-state index in [0.29, 0.717) is 18.8 Å². The van der Waals surface area contributed by atoms with Crippen LogP contribution >= 0.6 is 0 Å². The van der Waals surface area contributed by atoms with E-state index >= 15 is 0 Å². The summed E-state index contributed by atoms with van der Waals surface area (Å²) in [6.45, 7) is 8.50. The van der Waals surface area contributed by atoms with Crippen molar-refractivity contribution in [2.45, 2.75) is 33.7 Å². The third kappa shape index (κ3) is 4.63. The number of benzene rings is 2. The Kier molecular flexibility index (Phi) is 6.77. The molecule has 6 nitrogen and oxygen atoms in total. The Hall–Kier alpha value is -3.22. The van der Waals surface area contributed by atoms with Crippen LogP contribution in [0.4, 0.5) is 11.4 Å². The number of aromatic nitrogens is 1. The maximum atomic E-state index is 13.2. The van der Waals surface area contributed by atoms with E-state index in [0.717, 1.165) is 52.3 Å². The first-order chi connectivity index (χ1) is 15.9. The number of aliphatic hydroxyl groups is 1. The number of aliphatic hydroxyl groups excluding tert-OH is 1. The van der Waals surface area contributed by atoms with Gasteiger partial charge in [-0.15, -0.1) is 0 Å². The fraction of sp³-hybridized carbons (Fsp3) is 0.333. The summed E-state index contributed by atoms with van der Waals surface area (Å²) in [5.74, 6) is -0.207. The summed E-state index contributed by atoms with van der Waals surface area (Å²) in [5.41, 5.74) is 9.98. The molecule has 6 heteroatoms. The molecule has 1 amide bonds. The Morgan fingerprint density at radius 1 is 1.06 bits per heavy atom. The number of hydrogen-bond acceptors (Lipinski definition) is 5. The van der Waals surface area contributed by atoms with Crippen molar-refractivity contribution in [1.82, 2.24) is 9.88 Å². The van der Waals surface area contributed by atoms with Crippen molar-refractivity contribution >= 4 is 17.3 Å². The van der Waals surface area contributed by atoms with Crippen molar-refractivity contribution in [2.24, 2.45) is 0 Å². The molecular weight excluding hydrogens is 412 g/mol. The van der Waals surface area contributed by atoms with Crippen LogP contribution < -0.4 is 10.6 Å². The molecule has 0 fully saturated rings. The third-order valence-electron chi connectivity index (χ3n) is 6.61. The lowest BCUT2D eigenvalue weighted by Gasteiger charge is -2.28. The molecule has 0 aliphatic carbocycles. The molecule has 0 radical (unpaired) electrons. The first-order valence-electron chi connectivity index (χ1n) is 11.4. The highest BCUT2D eigenvalue weighted by molar-refractivity contribution is 6.04. The van der Waals surface area contributed by atoms with E-state index in [9.17, 15) is 9.90 Å². The van der Waals surface area contributed by atoms with Gasteiger partial charge in [-0.2, -0.15) is 0 Å². The zero-order chi connectivity index (χ0) is 23.5. The number of nitrogens with one attached hydrogen (secondary N) is 2. The van der Waals surface area contributed by atoms with Gasteiger partial charge in [0.1, 0.15) is 5.69 Å². The predicted octanol–water partition coefficient (Wildman–Crippen LogP) is 4.32. The van der Waals surface area contributed by atoms with Crippen LogP contribution in [0.25, 0.3) is 11.1 Å². The van der Waals surface area contributed by atoms with Crippen molar-refractivity contribution in [3.63, 3.8) is 0 Å². The quantitative estimate of drug-likeness (QED) is 0.528. The SMILES string of the molecule is CNc1cccc(-c2cccc(NC(=O)c3cc(C)c4c(n3)CN(CCO)CC4)c2C)c1C. The second-order valence-electron chi connectivity index (χ2n) is 8.66. The van der Waals surface area contributed by atoms with Gasteiger partial charge in [0.15, 0.2) is 0 Å². The number of carbonyl (C=O) groups excluding carboxylic acids is 1. The van der Waals surface area contributed by atoms with E-state index < -0.39 is 0 Å². The number of carbonyl (C=O) groups is 1. The summed E-state index contributed by atoms with van der Waals surface area (Å²) in [6.07, 6.45) is 0.891. The van der Waals surface area contributed by atoms with Gasteiger partial charge in [-0.05, 0) is 78.8 Å². The van der Waals surface area contributed by atoms with Crippen molar-refractivity contribution in [3.05, 3.63) is 76.1 Å². The number of β-amino-alcohol motifs (C(OH)–C–C–N with tert-alkyl or cyclic N) is 1. The number of amides is 1. The zero-order valence-electron chi connectivity index (χ0n) is 19.8. The van der Waals surface area contributed by atoms with Crippen LogP contribution in [0.2, 0.25) is 0 Å². The standard InChI is InChI=1S/C27H32N4O2/c1-17-15-25(29-26-16-31(13-14-32)12-11-20(17)26)27(33)30-24-10-6-8-22(19(24)3)21-7-5-9-23(28-4)18(21)2/h5-10,15,28,32H,11-14,16H2,1-4H3,(H,30,33). The molecule has 0 saturated heterocycles. The number of rotatable bonds is 6. The lowest BCUT2D eigenvalue weighted by Crippen LogP contribution is -2.34. The predicted molar refractivity (Wildman–Crippen MR) is 134 cm³/mol. The van der Waals surface area contributed by atoms with Crippen molar-refractivity contribution in [1.29, 1.82) is 0 Å². The zero-order valence-corrected chi connectivity index (χ0v) is 19.8. The molecule has 172 valence electrons. The number of pyridine rings is 1. The van der Waals surface area contributed by atoms with Gasteiger partial charge in [-0.3, -0.25) is 9.69 Å². The van der Waals surface area contributed by atoms with E-state index in [1.165, 1.54) is 11.1 Å². The summed E-state index contributed by atoms with van der Waals surface area (Å²) in [7, 11) is 1.92. The topological polar surface area (TPSA) is 77.5 Å². The van der Waals surface area contributed by atoms with E-state index in [1.807, 2.05) is 45.2 Å². The average molecular weight is 445 g/mol. The smallest absolute Gasteiger partial charge is 0.274 e. The largest absolute Gasteiger partial charge is 0.395 e. The molecular formula is C27H32N4O2. The number of aryl methyl sites for hydroxylation is 1. The normalized spacial score (nSPS) is 13.5. The monoisotopic (exact) mass is 444 g/mol. The van der Waals surface area contributed by atoms with Crippen molar-refractivity contribution in [3.8, 4) is 11.1 Å². The molecule has 2 aromatic carbocycles. The minimum Gasteiger partial charge on any atom is -0.395 e. The average Bonchev–Trinajstić information content (AvgIpc) is 2.81. The fourth-order valence-electron chi connectivity index (χ4n) is 4.69. The van der Waals surface area contributed by atoms with Crippen molar-refractivity contribution < 1.29 is 9.90 Å². The van der Waals surface area contributed by atoms with Gasteiger partial charge in [0.25, 0.3) is 5.91 Å². The van der Waals surface area contributed by atoms with Crippen LogP contribution in [0.3, 0.4) is 0 Å². The second-order valence-corrected chi connectivity index (χ2v) is 8.66. The molecule has 0 bridgehead atoms. The van der Waals surface area contributed by atoms with Crippen LogP contribution in [0.15, 0.2) is 42.5 Å². The molecule has 1 aliphatic heterocycles. The van der Waals surface area contributed by atoms with Crippen LogP contribution in [0, 0.1) is 20.8 Å². The molecule has 2 heterocycles. The fourth-order valence-corrected chi connectivity index (χ4v) is 4.69. The molecule has 0 unspecified atom stereocenters. The van der Waals surface area contributed by atoms with Gasteiger partial charge >= 0.3 is 0 Å². The summed E-state index contributed by atoms with van der Waals surface area (Å²) in [4.78, 5) is 20.1. The molecule has 33 heavy (non-hydrogen) atoms. The summed E-state index contributed by atoms with van der Waals surface area (Å²) >= 11 is 0. The molecule has 0 saturated carbocycles. The third-order valence-corrected chi connectivity index (χ3v) is 6.61. The maximum absolute atomic E-state index is 13.2. The maximum Gasteiger partial charge on any atom is 0.274 e. The minimum atomic E-state index is -0.207. The lowest BCUT2D eigenvalue weighted by atomic mass is 9.94. The number of nitrogens with zero attached hydrogens (tertiary/aromatic N) is 2. The molecule has 1 aliphatic rings. The minimum absolute atomic E-state index is 0.126. The van der Waals surface area contributed by atoms with Crippen LogP contribution in [0.5, 0.6) is 0 Å².